The molecule has 0 saturated heterocycles. The van der Waals surface area contributed by atoms with Crippen molar-refractivity contribution in [2.24, 2.45) is 0 Å². The molecule has 116 valence electrons. The molecule has 1 aromatic carbocycles. The molecule has 0 fully saturated rings. The molecule has 0 aliphatic rings. The van der Waals surface area contributed by atoms with Crippen LogP contribution in [0, 0.1) is 0 Å². The van der Waals surface area contributed by atoms with Crippen LogP contribution in [-0.4, -0.2) is 67.3 Å². The lowest BCUT2D eigenvalue weighted by Crippen LogP contribution is -2.42. The number of nitrogens with one attached hydrogen (secondary N) is 1. The Morgan fingerprint density at radius 2 is 1.57 bits per heavy atom. The number of hydrogen-bond acceptors (Lipinski definition) is 5. The highest BCUT2D eigenvalue weighted by molar-refractivity contribution is 6.39. The van der Waals surface area contributed by atoms with Gasteiger partial charge in [-0.15, -0.1) is 0 Å². The van der Waals surface area contributed by atoms with Crippen molar-refractivity contribution in [3.63, 3.8) is 0 Å². The number of aliphatic hydroxyl groups excluding tert-OH is 2. The van der Waals surface area contributed by atoms with E-state index in [1.165, 1.54) is 0 Å². The normalized spacial score (nSPS) is 10.1. The Hall–Kier alpha value is -2.12. The van der Waals surface area contributed by atoms with Crippen LogP contribution in [-0.2, 0) is 9.59 Å². The predicted molar refractivity (Wildman–Crippen MR) is 80.2 cm³/mol. The Labute approximate surface area is 123 Å². The summed E-state index contributed by atoms with van der Waals surface area (Å²) >= 11 is 0. The van der Waals surface area contributed by atoms with Crippen LogP contribution in [0.5, 0.6) is 0 Å². The molecule has 1 rings (SSSR count). The smallest absolute Gasteiger partial charge is 0.313 e. The third-order valence-electron chi connectivity index (χ3n) is 2.86. The van der Waals surface area contributed by atoms with Crippen LogP contribution in [0.4, 0.5) is 11.4 Å². The summed E-state index contributed by atoms with van der Waals surface area (Å²) < 4.78 is 0. The van der Waals surface area contributed by atoms with Gasteiger partial charge in [-0.1, -0.05) is 0 Å². The lowest BCUT2D eigenvalue weighted by atomic mass is 10.2. The van der Waals surface area contributed by atoms with Crippen molar-refractivity contribution in [1.29, 1.82) is 0 Å². The number of rotatable bonds is 6. The molecule has 2 amide bonds. The van der Waals surface area contributed by atoms with Crippen molar-refractivity contribution in [3.8, 4) is 0 Å². The molecule has 0 aromatic heterocycles. The minimum absolute atomic E-state index is 0.00633. The van der Waals surface area contributed by atoms with Crippen LogP contribution >= 0.6 is 0 Å². The van der Waals surface area contributed by atoms with Gasteiger partial charge < -0.3 is 25.3 Å². The number of nitrogens with zero attached hydrogens (tertiary/aromatic N) is 2. The van der Waals surface area contributed by atoms with Gasteiger partial charge in [0.1, 0.15) is 0 Å². The zero-order valence-corrected chi connectivity index (χ0v) is 12.2. The van der Waals surface area contributed by atoms with Crippen LogP contribution in [0.15, 0.2) is 24.3 Å². The second-order valence-corrected chi connectivity index (χ2v) is 4.63. The number of carbonyl (C=O) groups excluding carboxylic acids is 2. The number of hydrogen-bond donors (Lipinski definition) is 3. The van der Waals surface area contributed by atoms with Gasteiger partial charge in [0.25, 0.3) is 0 Å². The first-order valence-electron chi connectivity index (χ1n) is 6.59. The molecule has 0 bridgehead atoms. The lowest BCUT2D eigenvalue weighted by molar-refractivity contribution is -0.143. The summed E-state index contributed by atoms with van der Waals surface area (Å²) in [6.45, 7) is -0.522. The van der Waals surface area contributed by atoms with Crippen LogP contribution < -0.4 is 10.2 Å². The van der Waals surface area contributed by atoms with E-state index in [1.807, 2.05) is 31.1 Å². The second-order valence-electron chi connectivity index (χ2n) is 4.63. The summed E-state index contributed by atoms with van der Waals surface area (Å²) in [5.74, 6) is -1.58. The van der Waals surface area contributed by atoms with Crippen molar-refractivity contribution >= 4 is 23.2 Å². The average molecular weight is 295 g/mol. The Kier molecular flexibility index (Phi) is 6.64. The van der Waals surface area contributed by atoms with Gasteiger partial charge in [-0.2, -0.15) is 0 Å². The third kappa shape index (κ3) is 5.05. The first-order chi connectivity index (χ1) is 9.99. The molecule has 0 atom stereocenters. The van der Waals surface area contributed by atoms with Gasteiger partial charge in [0.05, 0.1) is 13.2 Å². The molecule has 0 heterocycles. The van der Waals surface area contributed by atoms with E-state index in [0.717, 1.165) is 10.6 Å². The molecule has 0 saturated carbocycles. The molecular formula is C14H21N3O4. The highest BCUT2D eigenvalue weighted by Gasteiger charge is 2.21. The van der Waals surface area contributed by atoms with E-state index in [4.69, 9.17) is 10.2 Å². The maximum absolute atomic E-state index is 11.9. The maximum Gasteiger partial charge on any atom is 0.313 e. The summed E-state index contributed by atoms with van der Waals surface area (Å²) in [5.41, 5.74) is 1.48. The quantitative estimate of drug-likeness (QED) is 0.616. The Balaban J connectivity index is 2.68. The highest BCUT2D eigenvalue weighted by atomic mass is 16.3. The number of carbonyl (C=O) groups is 2. The standard InChI is InChI=1S/C14H21N3O4/c1-16(2)12-5-3-11(4-6-12)15-13(20)14(21)17(7-9-18)8-10-19/h3-6,18-19H,7-10H2,1-2H3,(H,15,20). The molecular weight excluding hydrogens is 274 g/mol. The van der Waals surface area contributed by atoms with E-state index in [0.29, 0.717) is 5.69 Å². The average Bonchev–Trinajstić information content (AvgIpc) is 2.46. The summed E-state index contributed by atoms with van der Waals surface area (Å²) in [5, 5.41) is 20.2. The van der Waals surface area contributed by atoms with E-state index in [2.05, 4.69) is 5.32 Å². The summed E-state index contributed by atoms with van der Waals surface area (Å²) in [6.07, 6.45) is 0. The molecule has 0 spiro atoms. The van der Waals surface area contributed by atoms with E-state index >= 15 is 0 Å². The molecule has 3 N–H and O–H groups in total. The van der Waals surface area contributed by atoms with Crippen molar-refractivity contribution < 1.29 is 19.8 Å². The van der Waals surface area contributed by atoms with Crippen LogP contribution in [0.1, 0.15) is 0 Å². The zero-order chi connectivity index (χ0) is 15.8. The van der Waals surface area contributed by atoms with E-state index < -0.39 is 11.8 Å². The fourth-order valence-electron chi connectivity index (χ4n) is 1.73. The molecule has 0 aliphatic carbocycles. The van der Waals surface area contributed by atoms with Crippen molar-refractivity contribution in [2.45, 2.75) is 0 Å². The van der Waals surface area contributed by atoms with Gasteiger partial charge in [0.2, 0.25) is 0 Å². The van der Waals surface area contributed by atoms with Crippen LogP contribution in [0.2, 0.25) is 0 Å². The third-order valence-corrected chi connectivity index (χ3v) is 2.86. The summed E-state index contributed by atoms with van der Waals surface area (Å²) in [4.78, 5) is 26.8. The Bertz CT molecular complexity index is 468. The van der Waals surface area contributed by atoms with Gasteiger partial charge in [-0.25, -0.2) is 0 Å². The fourth-order valence-corrected chi connectivity index (χ4v) is 1.73. The highest BCUT2D eigenvalue weighted by Crippen LogP contribution is 2.15. The van der Waals surface area contributed by atoms with E-state index in [-0.39, 0.29) is 26.3 Å². The largest absolute Gasteiger partial charge is 0.395 e. The summed E-state index contributed by atoms with van der Waals surface area (Å²) in [6, 6.07) is 7.03. The Morgan fingerprint density at radius 1 is 1.05 bits per heavy atom. The van der Waals surface area contributed by atoms with Gasteiger partial charge >= 0.3 is 11.8 Å². The lowest BCUT2D eigenvalue weighted by Gasteiger charge is -2.20. The number of aliphatic hydroxyl groups is 2. The number of anilines is 2. The van der Waals surface area contributed by atoms with Gasteiger partial charge in [-0.3, -0.25) is 9.59 Å². The van der Waals surface area contributed by atoms with Gasteiger partial charge in [0, 0.05) is 38.6 Å². The molecule has 0 aliphatic heterocycles. The topological polar surface area (TPSA) is 93.1 Å². The SMILES string of the molecule is CN(C)c1ccc(NC(=O)C(=O)N(CCO)CCO)cc1. The zero-order valence-electron chi connectivity index (χ0n) is 12.2. The minimum Gasteiger partial charge on any atom is -0.395 e. The monoisotopic (exact) mass is 295 g/mol. The molecule has 7 nitrogen and oxygen atoms in total. The van der Waals surface area contributed by atoms with Crippen molar-refractivity contribution in [2.75, 3.05) is 50.6 Å². The van der Waals surface area contributed by atoms with Crippen LogP contribution in [0.25, 0.3) is 0 Å². The first kappa shape index (κ1) is 16.9. The second kappa shape index (κ2) is 8.23. The number of amides is 2. The van der Waals surface area contributed by atoms with Gasteiger partial charge in [-0.05, 0) is 24.3 Å². The molecule has 1 aromatic rings. The minimum atomic E-state index is -0.797. The van der Waals surface area contributed by atoms with E-state index in [9.17, 15) is 9.59 Å². The molecule has 7 heteroatoms. The van der Waals surface area contributed by atoms with Crippen molar-refractivity contribution in [1.82, 2.24) is 4.90 Å². The maximum atomic E-state index is 11.9. The number of benzene rings is 1. The van der Waals surface area contributed by atoms with Gasteiger partial charge in [0.15, 0.2) is 0 Å². The molecule has 21 heavy (non-hydrogen) atoms. The van der Waals surface area contributed by atoms with E-state index in [1.54, 1.807) is 12.1 Å². The first-order valence-corrected chi connectivity index (χ1v) is 6.59. The molecule has 0 unspecified atom stereocenters. The molecule has 0 radical (unpaired) electrons. The summed E-state index contributed by atoms with van der Waals surface area (Å²) in [7, 11) is 3.80. The Morgan fingerprint density at radius 3 is 2.00 bits per heavy atom. The fraction of sp³-hybridized carbons (Fsp3) is 0.429. The predicted octanol–water partition coefficient (Wildman–Crippen LogP) is -0.496. The van der Waals surface area contributed by atoms with Crippen LogP contribution in [0.3, 0.4) is 0 Å². The van der Waals surface area contributed by atoms with Crippen molar-refractivity contribution in [3.05, 3.63) is 24.3 Å².